The van der Waals surface area contributed by atoms with Gasteiger partial charge in [-0.2, -0.15) is 0 Å². The molecule has 0 aliphatic rings. The van der Waals surface area contributed by atoms with Gasteiger partial charge in [0.25, 0.3) is 0 Å². The number of nitrogens with one attached hydrogen (secondary N) is 2. The maximum Gasteiger partial charge on any atom is 0.135 e. The van der Waals surface area contributed by atoms with E-state index in [0.717, 1.165) is 13.0 Å². The Morgan fingerprint density at radius 3 is 2.50 bits per heavy atom. The van der Waals surface area contributed by atoms with Crippen molar-refractivity contribution in [2.45, 2.75) is 39.7 Å². The van der Waals surface area contributed by atoms with Crippen LogP contribution in [-0.4, -0.2) is 12.6 Å². The number of hydrogen-bond donors (Lipinski definition) is 3. The van der Waals surface area contributed by atoms with E-state index in [4.69, 9.17) is 17.3 Å². The third-order valence-electron chi connectivity index (χ3n) is 1.33. The lowest BCUT2D eigenvalue weighted by Gasteiger charge is -2.21. The Bertz CT molecular complexity index is 161. The molecule has 0 fully saturated rings. The minimum atomic E-state index is -1.95. The van der Waals surface area contributed by atoms with Gasteiger partial charge in [-0.15, -0.1) is 0 Å². The molecule has 1 unspecified atom stereocenters. The predicted molar refractivity (Wildman–Crippen MR) is 59.7 cm³/mol. The molecule has 0 aromatic heterocycles. The standard InChI is InChI=1S/C7H20N3PS/c1-4-5-6-9-11(8,12)10-7(2)3/h7H,4-6H2,1-3H3,(H4,8,9,10,12). The predicted octanol–water partition coefficient (Wildman–Crippen LogP) is 1.56. The largest absolute Gasteiger partial charge is 0.279 e. The third kappa shape index (κ3) is 7.19. The van der Waals surface area contributed by atoms with Gasteiger partial charge in [0.05, 0.1) is 0 Å². The molecule has 0 aliphatic heterocycles. The first kappa shape index (κ1) is 12.5. The SMILES string of the molecule is CCCCNP(N)(=S)NC(C)C. The Kier molecular flexibility index (Phi) is 6.32. The van der Waals surface area contributed by atoms with Crippen LogP contribution in [0.25, 0.3) is 0 Å². The van der Waals surface area contributed by atoms with Gasteiger partial charge in [-0.1, -0.05) is 13.3 Å². The zero-order valence-electron chi connectivity index (χ0n) is 8.13. The molecule has 0 rings (SSSR count). The van der Waals surface area contributed by atoms with Crippen LogP contribution in [0.3, 0.4) is 0 Å². The topological polar surface area (TPSA) is 50.1 Å². The molecule has 0 saturated carbocycles. The summed E-state index contributed by atoms with van der Waals surface area (Å²) in [6.45, 7) is 5.23. The van der Waals surface area contributed by atoms with Crippen molar-refractivity contribution in [3.8, 4) is 0 Å². The summed E-state index contributed by atoms with van der Waals surface area (Å²) in [5.41, 5.74) is 5.86. The van der Waals surface area contributed by atoms with Gasteiger partial charge in [0, 0.05) is 12.6 Å². The van der Waals surface area contributed by atoms with E-state index in [2.05, 4.69) is 30.9 Å². The quantitative estimate of drug-likeness (QED) is 0.459. The highest BCUT2D eigenvalue weighted by atomic mass is 32.4. The zero-order valence-corrected chi connectivity index (χ0v) is 9.84. The summed E-state index contributed by atoms with van der Waals surface area (Å²) >= 11 is 5.20. The third-order valence-corrected chi connectivity index (χ3v) is 3.62. The lowest BCUT2D eigenvalue weighted by Crippen LogP contribution is -2.32. The van der Waals surface area contributed by atoms with Crippen LogP contribution < -0.4 is 15.7 Å². The van der Waals surface area contributed by atoms with Crippen molar-refractivity contribution in [1.29, 1.82) is 0 Å². The number of unbranched alkanes of at least 4 members (excludes halogenated alkanes) is 1. The summed E-state index contributed by atoms with van der Waals surface area (Å²) in [4.78, 5) is 0. The lowest BCUT2D eigenvalue weighted by atomic mass is 10.3. The molecule has 5 heteroatoms. The normalized spacial score (nSPS) is 16.4. The molecular weight excluding hydrogens is 189 g/mol. The fourth-order valence-electron chi connectivity index (χ4n) is 0.851. The van der Waals surface area contributed by atoms with Crippen molar-refractivity contribution in [3.05, 3.63) is 0 Å². The molecule has 0 heterocycles. The number of nitrogens with two attached hydrogens (primary N) is 1. The summed E-state index contributed by atoms with van der Waals surface area (Å²) in [5, 5.41) is 6.35. The van der Waals surface area contributed by atoms with Crippen LogP contribution >= 0.6 is 6.49 Å². The smallest absolute Gasteiger partial charge is 0.135 e. The average Bonchev–Trinajstić information content (AvgIpc) is 1.84. The van der Waals surface area contributed by atoms with Gasteiger partial charge in [-0.25, -0.2) is 0 Å². The molecule has 0 radical (unpaired) electrons. The second-order valence-corrected chi connectivity index (χ2v) is 6.82. The fourth-order valence-corrected chi connectivity index (χ4v) is 3.11. The molecule has 12 heavy (non-hydrogen) atoms. The zero-order chi connectivity index (χ0) is 9.61. The minimum Gasteiger partial charge on any atom is -0.279 e. The molecule has 0 spiro atoms. The highest BCUT2D eigenvalue weighted by Gasteiger charge is 2.09. The highest BCUT2D eigenvalue weighted by molar-refractivity contribution is 8.11. The monoisotopic (exact) mass is 209 g/mol. The number of hydrogen-bond acceptors (Lipinski definition) is 1. The van der Waals surface area contributed by atoms with Crippen LogP contribution in [0.15, 0.2) is 0 Å². The molecule has 1 atom stereocenters. The van der Waals surface area contributed by atoms with Crippen molar-refractivity contribution in [2.24, 2.45) is 5.50 Å². The van der Waals surface area contributed by atoms with Gasteiger partial charge in [-0.05, 0) is 32.1 Å². The second-order valence-electron chi connectivity index (χ2n) is 3.20. The van der Waals surface area contributed by atoms with Crippen LogP contribution in [0.1, 0.15) is 33.6 Å². The molecule has 0 aromatic rings. The van der Waals surface area contributed by atoms with Crippen molar-refractivity contribution >= 4 is 18.3 Å². The van der Waals surface area contributed by atoms with Gasteiger partial charge in [0.15, 0.2) is 0 Å². The molecule has 0 bridgehead atoms. The highest BCUT2D eigenvalue weighted by Crippen LogP contribution is 2.25. The average molecular weight is 209 g/mol. The van der Waals surface area contributed by atoms with Crippen molar-refractivity contribution < 1.29 is 0 Å². The van der Waals surface area contributed by atoms with Gasteiger partial charge in [0.2, 0.25) is 0 Å². The van der Waals surface area contributed by atoms with Crippen LogP contribution in [0.5, 0.6) is 0 Å². The van der Waals surface area contributed by atoms with Crippen LogP contribution in [0.4, 0.5) is 0 Å². The van der Waals surface area contributed by atoms with Crippen LogP contribution in [0, 0.1) is 0 Å². The fraction of sp³-hybridized carbons (Fsp3) is 1.00. The first-order valence-electron chi connectivity index (χ1n) is 4.39. The van der Waals surface area contributed by atoms with E-state index < -0.39 is 6.49 Å². The van der Waals surface area contributed by atoms with E-state index in [0.29, 0.717) is 6.04 Å². The molecule has 3 nitrogen and oxygen atoms in total. The number of rotatable bonds is 6. The Balaban J connectivity index is 3.64. The van der Waals surface area contributed by atoms with Crippen molar-refractivity contribution in [2.75, 3.05) is 6.54 Å². The van der Waals surface area contributed by atoms with E-state index in [1.165, 1.54) is 6.42 Å². The van der Waals surface area contributed by atoms with E-state index in [1.54, 1.807) is 0 Å². The summed E-state index contributed by atoms with van der Waals surface area (Å²) in [6, 6.07) is 0.356. The molecule has 0 aliphatic carbocycles. The minimum absolute atomic E-state index is 0.356. The van der Waals surface area contributed by atoms with Gasteiger partial charge < -0.3 is 0 Å². The summed E-state index contributed by atoms with van der Waals surface area (Å²) in [6.07, 6.45) is 2.30. The van der Waals surface area contributed by atoms with Crippen LogP contribution in [-0.2, 0) is 11.8 Å². The molecule has 74 valence electrons. The van der Waals surface area contributed by atoms with Gasteiger partial charge >= 0.3 is 0 Å². The molecule has 0 saturated heterocycles. The lowest BCUT2D eigenvalue weighted by molar-refractivity contribution is 0.725. The van der Waals surface area contributed by atoms with Crippen molar-refractivity contribution in [1.82, 2.24) is 10.2 Å². The summed E-state index contributed by atoms with van der Waals surface area (Å²) in [7, 11) is 0. The Morgan fingerprint density at radius 1 is 1.50 bits per heavy atom. The van der Waals surface area contributed by atoms with E-state index >= 15 is 0 Å². The maximum absolute atomic E-state index is 5.86. The first-order chi connectivity index (χ1) is 5.48. The van der Waals surface area contributed by atoms with E-state index in [9.17, 15) is 0 Å². The molecular formula is C7H20N3PS. The van der Waals surface area contributed by atoms with Gasteiger partial charge in [0.1, 0.15) is 6.49 Å². The Hall–Kier alpha value is 0.530. The summed E-state index contributed by atoms with van der Waals surface area (Å²) < 4.78 is 0. The summed E-state index contributed by atoms with van der Waals surface area (Å²) in [5.74, 6) is 0. The second kappa shape index (κ2) is 6.06. The molecule has 0 amide bonds. The van der Waals surface area contributed by atoms with E-state index in [-0.39, 0.29) is 0 Å². The molecule has 0 aromatic carbocycles. The van der Waals surface area contributed by atoms with Gasteiger partial charge in [-0.3, -0.25) is 15.7 Å². The van der Waals surface area contributed by atoms with Crippen LogP contribution in [0.2, 0.25) is 0 Å². The van der Waals surface area contributed by atoms with E-state index in [1.807, 2.05) is 0 Å². The van der Waals surface area contributed by atoms with Crippen molar-refractivity contribution in [3.63, 3.8) is 0 Å². The maximum atomic E-state index is 5.86. The first-order valence-corrected chi connectivity index (χ1v) is 7.26. The Morgan fingerprint density at radius 2 is 2.08 bits per heavy atom. The molecule has 4 N–H and O–H groups in total. The Labute approximate surface area is 80.7 Å².